The number of alkyl halides is 1. The number of ether oxygens (including phenoxy) is 2. The van der Waals surface area contributed by atoms with Gasteiger partial charge in [-0.1, -0.05) is 6.92 Å². The summed E-state index contributed by atoms with van der Waals surface area (Å²) in [4.78, 5) is 27.6. The first-order valence-corrected chi connectivity index (χ1v) is 8.71. The molecule has 8 heteroatoms. The van der Waals surface area contributed by atoms with Gasteiger partial charge in [-0.15, -0.1) is 0 Å². The smallest absolute Gasteiger partial charge is 0.255 e. The van der Waals surface area contributed by atoms with Crippen molar-refractivity contribution in [2.24, 2.45) is 11.7 Å². The van der Waals surface area contributed by atoms with Crippen molar-refractivity contribution in [1.29, 1.82) is 0 Å². The van der Waals surface area contributed by atoms with E-state index in [9.17, 15) is 14.0 Å². The summed E-state index contributed by atoms with van der Waals surface area (Å²) in [7, 11) is 1.44. The number of pyridine rings is 1. The second-order valence-corrected chi connectivity index (χ2v) is 6.61. The lowest BCUT2D eigenvalue weighted by Gasteiger charge is -2.19. The summed E-state index contributed by atoms with van der Waals surface area (Å²) in [5, 5.41) is 4.02. The van der Waals surface area contributed by atoms with E-state index in [0.717, 1.165) is 10.9 Å². The topological polar surface area (TPSA) is 104 Å². The number of aryl methyl sites for hydroxylation is 1. The Morgan fingerprint density at radius 3 is 2.74 bits per heavy atom. The number of hydrogen-bond acceptors (Lipinski definition) is 5. The van der Waals surface area contributed by atoms with Crippen molar-refractivity contribution in [1.82, 2.24) is 10.3 Å². The molecular weight excluding hydrogens is 353 g/mol. The predicted molar refractivity (Wildman–Crippen MR) is 97.7 cm³/mol. The Kier molecular flexibility index (Phi) is 5.16. The van der Waals surface area contributed by atoms with E-state index in [1.54, 1.807) is 18.3 Å². The highest BCUT2D eigenvalue weighted by molar-refractivity contribution is 6.02. The van der Waals surface area contributed by atoms with Crippen molar-refractivity contribution >= 4 is 22.6 Å². The van der Waals surface area contributed by atoms with E-state index in [1.165, 1.54) is 7.11 Å². The number of nitrogens with one attached hydrogen (secondary N) is 1. The summed E-state index contributed by atoms with van der Waals surface area (Å²) in [6, 6.07) is 2.86. The van der Waals surface area contributed by atoms with Crippen LogP contribution >= 0.6 is 0 Å². The van der Waals surface area contributed by atoms with E-state index in [0.29, 0.717) is 23.4 Å². The molecule has 1 fully saturated rings. The minimum Gasteiger partial charge on any atom is -0.496 e. The van der Waals surface area contributed by atoms with E-state index in [4.69, 9.17) is 15.2 Å². The molecule has 1 aromatic carbocycles. The van der Waals surface area contributed by atoms with E-state index in [1.807, 2.05) is 13.8 Å². The monoisotopic (exact) mass is 375 g/mol. The molecule has 0 aliphatic carbocycles. The van der Waals surface area contributed by atoms with Gasteiger partial charge < -0.3 is 20.5 Å². The molecule has 0 unspecified atom stereocenters. The van der Waals surface area contributed by atoms with E-state index in [-0.39, 0.29) is 12.2 Å². The number of carbonyl (C=O) groups excluding carboxylic acids is 2. The summed E-state index contributed by atoms with van der Waals surface area (Å²) in [5.41, 5.74) is 6.53. The van der Waals surface area contributed by atoms with Crippen LogP contribution in [0.4, 0.5) is 4.39 Å². The standard InChI is InChI=1S/C19H22FN3O4/c1-4-10-14(23-18(25)16(10)20)8-27-19-12-6-15(26-3)13(17(21)24)5-11(12)9(2)7-22-19/h5-7,10,14,16H,4,8H2,1-3H3,(H2,21,24)(H,23,25)/t10-,14+,16-/m0/s1. The molecule has 7 nitrogen and oxygen atoms in total. The number of hydrogen-bond donors (Lipinski definition) is 2. The van der Waals surface area contributed by atoms with Crippen LogP contribution in [0.25, 0.3) is 10.8 Å². The molecule has 2 amide bonds. The molecule has 3 atom stereocenters. The van der Waals surface area contributed by atoms with Crippen LogP contribution in [0.15, 0.2) is 18.3 Å². The SMILES string of the molecule is CC[C@@H]1[C@H](F)C(=O)N[C@@H]1COc1ncc(C)c2cc(C(N)=O)c(OC)cc12. The number of fused-ring (bicyclic) bond motifs is 1. The highest BCUT2D eigenvalue weighted by Gasteiger charge is 2.41. The van der Waals surface area contributed by atoms with Crippen LogP contribution in [-0.2, 0) is 4.79 Å². The lowest BCUT2D eigenvalue weighted by atomic mass is 9.97. The zero-order valence-corrected chi connectivity index (χ0v) is 15.4. The Bertz CT molecular complexity index is 902. The number of carbonyl (C=O) groups is 2. The molecule has 1 aliphatic heterocycles. The summed E-state index contributed by atoms with van der Waals surface area (Å²) in [5.74, 6) is -1.01. The van der Waals surface area contributed by atoms with Gasteiger partial charge in [0.15, 0.2) is 6.17 Å². The van der Waals surface area contributed by atoms with Crippen LogP contribution in [0.3, 0.4) is 0 Å². The van der Waals surface area contributed by atoms with Crippen LogP contribution < -0.4 is 20.5 Å². The van der Waals surface area contributed by atoms with Gasteiger partial charge in [0.05, 0.1) is 18.7 Å². The highest BCUT2D eigenvalue weighted by atomic mass is 19.1. The Labute approximate surface area is 156 Å². The van der Waals surface area contributed by atoms with Crippen molar-refractivity contribution in [2.75, 3.05) is 13.7 Å². The van der Waals surface area contributed by atoms with Gasteiger partial charge in [-0.2, -0.15) is 0 Å². The zero-order chi connectivity index (χ0) is 19.7. The number of benzene rings is 1. The number of rotatable bonds is 6. The molecule has 1 saturated heterocycles. The number of primary amides is 1. The highest BCUT2D eigenvalue weighted by Crippen LogP contribution is 2.33. The van der Waals surface area contributed by atoms with Crippen molar-refractivity contribution in [3.8, 4) is 11.6 Å². The maximum Gasteiger partial charge on any atom is 0.255 e. The maximum absolute atomic E-state index is 13.9. The normalized spacial score (nSPS) is 21.9. The number of aromatic nitrogens is 1. The van der Waals surface area contributed by atoms with Crippen LogP contribution in [0, 0.1) is 12.8 Å². The van der Waals surface area contributed by atoms with Crippen LogP contribution in [0.1, 0.15) is 29.3 Å². The third kappa shape index (κ3) is 3.39. The van der Waals surface area contributed by atoms with Gasteiger partial charge in [0, 0.05) is 17.5 Å². The Morgan fingerprint density at radius 2 is 2.11 bits per heavy atom. The van der Waals surface area contributed by atoms with Crippen molar-refractivity contribution in [3.63, 3.8) is 0 Å². The summed E-state index contributed by atoms with van der Waals surface area (Å²) >= 11 is 0. The molecule has 0 saturated carbocycles. The maximum atomic E-state index is 13.9. The Hall–Kier alpha value is -2.90. The van der Waals surface area contributed by atoms with Crippen molar-refractivity contribution in [2.45, 2.75) is 32.5 Å². The lowest BCUT2D eigenvalue weighted by Crippen LogP contribution is -2.34. The second-order valence-electron chi connectivity index (χ2n) is 6.61. The lowest BCUT2D eigenvalue weighted by molar-refractivity contribution is -0.123. The third-order valence-electron chi connectivity index (χ3n) is 4.98. The van der Waals surface area contributed by atoms with Crippen LogP contribution in [0.5, 0.6) is 11.6 Å². The third-order valence-corrected chi connectivity index (χ3v) is 4.98. The average Bonchev–Trinajstić information content (AvgIpc) is 2.93. The minimum atomic E-state index is -1.52. The number of nitrogens with zero attached hydrogens (tertiary/aromatic N) is 1. The second kappa shape index (κ2) is 7.38. The Balaban J connectivity index is 1.94. The largest absolute Gasteiger partial charge is 0.496 e. The molecular formula is C19H22FN3O4. The molecule has 1 aromatic heterocycles. The fraction of sp³-hybridized carbons (Fsp3) is 0.421. The zero-order valence-electron chi connectivity index (χ0n) is 15.4. The Morgan fingerprint density at radius 1 is 1.37 bits per heavy atom. The first-order chi connectivity index (χ1) is 12.9. The van der Waals surface area contributed by atoms with Gasteiger partial charge >= 0.3 is 0 Å². The molecule has 3 rings (SSSR count). The molecule has 2 heterocycles. The van der Waals surface area contributed by atoms with E-state index in [2.05, 4.69) is 10.3 Å². The van der Waals surface area contributed by atoms with Gasteiger partial charge in [0.25, 0.3) is 11.8 Å². The van der Waals surface area contributed by atoms with Gasteiger partial charge in [0.1, 0.15) is 12.4 Å². The van der Waals surface area contributed by atoms with Crippen LogP contribution in [0.2, 0.25) is 0 Å². The average molecular weight is 375 g/mol. The molecule has 144 valence electrons. The van der Waals surface area contributed by atoms with E-state index < -0.39 is 29.9 Å². The summed E-state index contributed by atoms with van der Waals surface area (Å²) in [6.45, 7) is 3.78. The van der Waals surface area contributed by atoms with Gasteiger partial charge in [-0.05, 0) is 36.4 Å². The molecule has 0 bridgehead atoms. The fourth-order valence-electron chi connectivity index (χ4n) is 3.45. The summed E-state index contributed by atoms with van der Waals surface area (Å²) in [6.07, 6.45) is 0.618. The van der Waals surface area contributed by atoms with Gasteiger partial charge in [0.2, 0.25) is 5.88 Å². The van der Waals surface area contributed by atoms with Crippen molar-refractivity contribution < 1.29 is 23.5 Å². The quantitative estimate of drug-likeness (QED) is 0.802. The van der Waals surface area contributed by atoms with Gasteiger partial charge in [-0.3, -0.25) is 9.59 Å². The molecule has 2 aromatic rings. The minimum absolute atomic E-state index is 0.0930. The molecule has 1 aliphatic rings. The fourth-order valence-corrected chi connectivity index (χ4v) is 3.45. The number of methoxy groups -OCH3 is 1. The molecule has 3 N–H and O–H groups in total. The first kappa shape index (κ1) is 18.9. The van der Waals surface area contributed by atoms with Crippen LogP contribution in [-0.4, -0.2) is 42.7 Å². The summed E-state index contributed by atoms with van der Waals surface area (Å²) < 4.78 is 25.0. The van der Waals surface area contributed by atoms with E-state index >= 15 is 0 Å². The molecule has 0 spiro atoms. The first-order valence-electron chi connectivity index (χ1n) is 8.71. The number of nitrogens with two attached hydrogens (primary N) is 1. The van der Waals surface area contributed by atoms with Gasteiger partial charge in [-0.25, -0.2) is 9.37 Å². The number of amides is 2. The van der Waals surface area contributed by atoms with Crippen molar-refractivity contribution in [3.05, 3.63) is 29.5 Å². The predicted octanol–water partition coefficient (Wildman–Crippen LogP) is 1.89. The molecule has 0 radical (unpaired) electrons. The molecule has 27 heavy (non-hydrogen) atoms. The number of halogens is 1.